The van der Waals surface area contributed by atoms with Crippen LogP contribution in [-0.4, -0.2) is 8.07 Å². The van der Waals surface area contributed by atoms with Crippen LogP contribution in [0.3, 0.4) is 0 Å². The van der Waals surface area contributed by atoms with Crippen molar-refractivity contribution >= 4 is 8.07 Å². The minimum absolute atomic E-state index is 0. The maximum absolute atomic E-state index is 2.39. The van der Waals surface area contributed by atoms with Crippen LogP contribution >= 0.6 is 0 Å². The van der Waals surface area contributed by atoms with Gasteiger partial charge in [-0.3, -0.25) is 0 Å². The topological polar surface area (TPSA) is 0 Å². The second-order valence-corrected chi connectivity index (χ2v) is 8.72. The van der Waals surface area contributed by atoms with E-state index in [1.165, 1.54) is 6.42 Å². The predicted octanol–water partition coefficient (Wildman–Crippen LogP) is -0.246. The average Bonchev–Trinajstić information content (AvgIpc) is 2.08. The smallest absolute Gasteiger partial charge is 0.0809 e. The molecule has 0 saturated carbocycles. The average molecular weight is 145 g/mol. The molecule has 0 bridgehead atoms. The number of rotatable bonds is 1. The molecular weight excluding hydrogens is 131 g/mol. The quantitative estimate of drug-likeness (QED) is 0.447. The van der Waals surface area contributed by atoms with Gasteiger partial charge in [0.1, 0.15) is 0 Å². The van der Waals surface area contributed by atoms with E-state index in [9.17, 15) is 0 Å². The Labute approximate surface area is 76.6 Å². The Balaban J connectivity index is 0.000000810. The van der Waals surface area contributed by atoms with Gasteiger partial charge in [-0.05, 0) is 6.42 Å². The molecule has 0 aromatic heterocycles. The molecule has 0 unspecified atom stereocenters. The summed E-state index contributed by atoms with van der Waals surface area (Å²) >= 11 is 0. The summed E-state index contributed by atoms with van der Waals surface area (Å²) in [5, 5.41) is 1.68. The van der Waals surface area contributed by atoms with Crippen molar-refractivity contribution < 1.29 is 18.9 Å². The molecule has 0 aromatic carbocycles. The van der Waals surface area contributed by atoms with Gasteiger partial charge in [0.05, 0.1) is 8.07 Å². The second-order valence-electron chi connectivity index (χ2n) is 3.57. The predicted molar refractivity (Wildman–Crippen MR) is 45.2 cm³/mol. The van der Waals surface area contributed by atoms with Crippen LogP contribution in [0.2, 0.25) is 19.6 Å². The maximum Gasteiger partial charge on any atom is 1.00 e. The third-order valence-electron chi connectivity index (χ3n) is 1.73. The van der Waals surface area contributed by atoms with Crippen molar-refractivity contribution in [1.29, 1.82) is 0 Å². The van der Waals surface area contributed by atoms with Gasteiger partial charge < -0.3 is 0 Å². The van der Waals surface area contributed by atoms with Gasteiger partial charge in [0, 0.05) is 0 Å². The van der Waals surface area contributed by atoms with Gasteiger partial charge in [0.25, 0.3) is 0 Å². The Morgan fingerprint density at radius 3 is 2.10 bits per heavy atom. The van der Waals surface area contributed by atoms with Crippen molar-refractivity contribution in [2.45, 2.75) is 26.1 Å². The molecule has 0 saturated heterocycles. The van der Waals surface area contributed by atoms with Crippen LogP contribution in [0.15, 0.2) is 23.4 Å². The molecule has 0 radical (unpaired) electrons. The molecule has 0 atom stereocenters. The molecule has 0 fully saturated rings. The summed E-state index contributed by atoms with van der Waals surface area (Å²) in [6.07, 6.45) is 7.92. The molecule has 10 heavy (non-hydrogen) atoms. The monoisotopic (exact) mass is 145 g/mol. The summed E-state index contributed by atoms with van der Waals surface area (Å²) in [6.45, 7) is 7.18. The van der Waals surface area contributed by atoms with Gasteiger partial charge >= 0.3 is 18.9 Å². The number of hydrogen-bond acceptors (Lipinski definition) is 0. The van der Waals surface area contributed by atoms with Crippen LogP contribution in [0.4, 0.5) is 0 Å². The zero-order chi connectivity index (χ0) is 6.91. The Hall–Kier alpha value is 0.294. The first-order valence-corrected chi connectivity index (χ1v) is 6.97. The third kappa shape index (κ3) is 2.50. The van der Waals surface area contributed by atoms with Crippen LogP contribution in [0, 0.1) is 0 Å². The van der Waals surface area contributed by atoms with Crippen LogP contribution in [0.25, 0.3) is 0 Å². The van der Waals surface area contributed by atoms with Crippen LogP contribution in [0.1, 0.15) is 6.42 Å². The minimum Gasteiger partial charge on any atom is -0.0809 e. The van der Waals surface area contributed by atoms with Gasteiger partial charge in [0.15, 0.2) is 0 Å². The van der Waals surface area contributed by atoms with Crippen molar-refractivity contribution in [3.05, 3.63) is 23.4 Å². The molecule has 1 aliphatic rings. The second kappa shape index (κ2) is 3.62. The zero-order valence-electron chi connectivity index (χ0n) is 7.44. The molecule has 0 nitrogen and oxygen atoms in total. The van der Waals surface area contributed by atoms with Gasteiger partial charge in [-0.15, -0.1) is 0 Å². The molecule has 0 N–H and O–H groups in total. The van der Waals surface area contributed by atoms with E-state index in [0.717, 1.165) is 0 Å². The number of allylic oxidation sites excluding steroid dienone is 4. The van der Waals surface area contributed by atoms with Crippen molar-refractivity contribution in [2.75, 3.05) is 0 Å². The van der Waals surface area contributed by atoms with Gasteiger partial charge in [-0.2, -0.15) is 0 Å². The van der Waals surface area contributed by atoms with E-state index >= 15 is 0 Å². The van der Waals surface area contributed by atoms with Crippen molar-refractivity contribution in [1.82, 2.24) is 0 Å². The molecular formula is C8H14LiSi+. The van der Waals surface area contributed by atoms with Crippen LogP contribution in [0.5, 0.6) is 0 Å². The van der Waals surface area contributed by atoms with E-state index < -0.39 is 8.07 Å². The van der Waals surface area contributed by atoms with E-state index in [0.29, 0.717) is 0 Å². The normalized spacial score (nSPS) is 16.5. The summed E-state index contributed by atoms with van der Waals surface area (Å²) in [4.78, 5) is 0. The SMILES string of the molecule is C[Si](C)(C)C1=CC=CC1.[Li+]. The van der Waals surface area contributed by atoms with Crippen LogP contribution < -0.4 is 18.9 Å². The van der Waals surface area contributed by atoms with Crippen molar-refractivity contribution in [2.24, 2.45) is 0 Å². The molecule has 0 spiro atoms. The minimum atomic E-state index is -0.926. The fraction of sp³-hybridized carbons (Fsp3) is 0.500. The standard InChI is InChI=1S/C8H14Si.Li/c1-9(2,3)8-6-4-5-7-8;/h4-6H,7H2,1-3H3;/q;+1. The van der Waals surface area contributed by atoms with Gasteiger partial charge in [-0.25, -0.2) is 0 Å². The molecule has 0 heterocycles. The molecule has 2 heteroatoms. The van der Waals surface area contributed by atoms with E-state index in [1.807, 2.05) is 0 Å². The van der Waals surface area contributed by atoms with Crippen molar-refractivity contribution in [3.8, 4) is 0 Å². The molecule has 0 amide bonds. The molecule has 0 aliphatic heterocycles. The molecule has 50 valence electrons. The Bertz CT molecular complexity index is 163. The molecule has 0 aromatic rings. The first kappa shape index (κ1) is 10.3. The fourth-order valence-corrected chi connectivity index (χ4v) is 2.33. The summed E-state index contributed by atoms with van der Waals surface area (Å²) in [5.74, 6) is 0. The zero-order valence-corrected chi connectivity index (χ0v) is 8.44. The van der Waals surface area contributed by atoms with Crippen molar-refractivity contribution in [3.63, 3.8) is 0 Å². The van der Waals surface area contributed by atoms with E-state index in [-0.39, 0.29) is 18.9 Å². The molecule has 1 aliphatic carbocycles. The number of hydrogen-bond donors (Lipinski definition) is 0. The Kier molecular flexibility index (Phi) is 3.72. The van der Waals surface area contributed by atoms with Crippen LogP contribution in [-0.2, 0) is 0 Å². The largest absolute Gasteiger partial charge is 1.00 e. The van der Waals surface area contributed by atoms with Gasteiger partial charge in [-0.1, -0.05) is 43.1 Å². The third-order valence-corrected chi connectivity index (χ3v) is 4.03. The summed E-state index contributed by atoms with van der Waals surface area (Å²) < 4.78 is 0. The summed E-state index contributed by atoms with van der Waals surface area (Å²) in [6, 6.07) is 0. The first-order valence-electron chi connectivity index (χ1n) is 3.47. The first-order chi connectivity index (χ1) is 4.11. The van der Waals surface area contributed by atoms with E-state index in [1.54, 1.807) is 5.20 Å². The molecule has 1 rings (SSSR count). The van der Waals surface area contributed by atoms with E-state index in [4.69, 9.17) is 0 Å². The fourth-order valence-electron chi connectivity index (χ4n) is 1.00. The summed E-state index contributed by atoms with van der Waals surface area (Å²) in [5.41, 5.74) is 0. The van der Waals surface area contributed by atoms with E-state index in [2.05, 4.69) is 37.9 Å². The van der Waals surface area contributed by atoms with Gasteiger partial charge in [0.2, 0.25) is 0 Å². The maximum atomic E-state index is 2.39. The summed E-state index contributed by atoms with van der Waals surface area (Å²) in [7, 11) is -0.926. The Morgan fingerprint density at radius 1 is 1.30 bits per heavy atom. The Morgan fingerprint density at radius 2 is 1.90 bits per heavy atom.